The minimum atomic E-state index is -0.476. The zero-order valence-corrected chi connectivity index (χ0v) is 13.4. The highest BCUT2D eigenvalue weighted by Crippen LogP contribution is 2.28. The van der Waals surface area contributed by atoms with Gasteiger partial charge in [0, 0.05) is 38.6 Å². The van der Waals surface area contributed by atoms with E-state index in [-0.39, 0.29) is 11.8 Å². The Labute approximate surface area is 131 Å². The Balaban J connectivity index is 1.74. The lowest BCUT2D eigenvalue weighted by atomic mass is 10.2. The number of aliphatic hydroxyl groups excluding tert-OH is 1. The van der Waals surface area contributed by atoms with Crippen molar-refractivity contribution in [2.75, 3.05) is 32.8 Å². The first kappa shape index (κ1) is 15.0. The predicted molar refractivity (Wildman–Crippen MR) is 82.9 cm³/mol. The van der Waals surface area contributed by atoms with Gasteiger partial charge in [-0.25, -0.2) is 0 Å². The SMILES string of the molecule is Cc1nn(C)c2sc(C(=O)N3CCN(C(=O)CO)CC3)cc12. The quantitative estimate of drug-likeness (QED) is 0.858. The number of amides is 2. The van der Waals surface area contributed by atoms with Crippen molar-refractivity contribution in [2.45, 2.75) is 6.92 Å². The summed E-state index contributed by atoms with van der Waals surface area (Å²) in [6, 6.07) is 1.90. The second kappa shape index (κ2) is 5.69. The predicted octanol–water partition coefficient (Wildman–Crippen LogP) is 0.220. The minimum Gasteiger partial charge on any atom is -0.387 e. The van der Waals surface area contributed by atoms with Crippen LogP contribution >= 0.6 is 11.3 Å². The van der Waals surface area contributed by atoms with Crippen LogP contribution in [-0.2, 0) is 11.8 Å². The fourth-order valence-electron chi connectivity index (χ4n) is 2.73. The van der Waals surface area contributed by atoms with E-state index in [1.54, 1.807) is 14.5 Å². The molecule has 1 aliphatic rings. The molecular formula is C14H18N4O3S. The van der Waals surface area contributed by atoms with Gasteiger partial charge < -0.3 is 14.9 Å². The lowest BCUT2D eigenvalue weighted by molar-refractivity contribution is -0.135. The Bertz CT molecular complexity index is 693. The number of piperazine rings is 1. The number of rotatable bonds is 2. The van der Waals surface area contributed by atoms with E-state index in [4.69, 9.17) is 5.11 Å². The number of hydrogen-bond donors (Lipinski definition) is 1. The first-order chi connectivity index (χ1) is 10.5. The van der Waals surface area contributed by atoms with Crippen molar-refractivity contribution in [3.05, 3.63) is 16.6 Å². The second-order valence-corrected chi connectivity index (χ2v) is 6.40. The summed E-state index contributed by atoms with van der Waals surface area (Å²) >= 11 is 1.45. The van der Waals surface area contributed by atoms with E-state index < -0.39 is 6.61 Å². The number of nitrogens with zero attached hydrogens (tertiary/aromatic N) is 4. The van der Waals surface area contributed by atoms with Crippen molar-refractivity contribution >= 4 is 33.4 Å². The molecule has 2 aromatic heterocycles. The molecule has 0 atom stereocenters. The average molecular weight is 322 g/mol. The van der Waals surface area contributed by atoms with Crippen molar-refractivity contribution in [2.24, 2.45) is 7.05 Å². The monoisotopic (exact) mass is 322 g/mol. The molecule has 8 heteroatoms. The number of aliphatic hydroxyl groups is 1. The van der Waals surface area contributed by atoms with E-state index in [0.717, 1.165) is 15.9 Å². The molecule has 22 heavy (non-hydrogen) atoms. The van der Waals surface area contributed by atoms with Gasteiger partial charge in [0.25, 0.3) is 5.91 Å². The van der Waals surface area contributed by atoms with Crippen LogP contribution in [-0.4, -0.2) is 69.3 Å². The van der Waals surface area contributed by atoms with Crippen LogP contribution in [0.4, 0.5) is 0 Å². The number of carbonyl (C=O) groups is 2. The highest BCUT2D eigenvalue weighted by Gasteiger charge is 2.26. The summed E-state index contributed by atoms with van der Waals surface area (Å²) < 4.78 is 1.80. The normalized spacial score (nSPS) is 15.6. The zero-order chi connectivity index (χ0) is 15.9. The standard InChI is InChI=1S/C14H18N4O3S/c1-9-10-7-11(22-14(10)16(2)15-9)13(21)18-5-3-17(4-6-18)12(20)8-19/h7,19H,3-6,8H2,1-2H3. The molecule has 2 amide bonds. The van der Waals surface area contributed by atoms with Crippen LogP contribution in [0.25, 0.3) is 10.2 Å². The van der Waals surface area contributed by atoms with Gasteiger partial charge in [-0.15, -0.1) is 11.3 Å². The molecule has 3 heterocycles. The first-order valence-corrected chi connectivity index (χ1v) is 7.94. The summed E-state index contributed by atoms with van der Waals surface area (Å²) in [4.78, 5) is 29.1. The van der Waals surface area contributed by atoms with Gasteiger partial charge in [0.05, 0.1) is 10.6 Å². The van der Waals surface area contributed by atoms with Crippen molar-refractivity contribution < 1.29 is 14.7 Å². The summed E-state index contributed by atoms with van der Waals surface area (Å²) in [5, 5.41) is 14.2. The Morgan fingerprint density at radius 1 is 1.27 bits per heavy atom. The summed E-state index contributed by atoms with van der Waals surface area (Å²) in [7, 11) is 1.87. The number of carbonyl (C=O) groups excluding carboxylic acids is 2. The minimum absolute atomic E-state index is 0.00306. The lowest BCUT2D eigenvalue weighted by Gasteiger charge is -2.34. The molecule has 3 rings (SSSR count). The molecule has 0 unspecified atom stereocenters. The van der Waals surface area contributed by atoms with E-state index >= 15 is 0 Å². The van der Waals surface area contributed by atoms with Gasteiger partial charge in [0.1, 0.15) is 11.4 Å². The van der Waals surface area contributed by atoms with E-state index in [1.165, 1.54) is 11.3 Å². The van der Waals surface area contributed by atoms with Gasteiger partial charge in [-0.05, 0) is 13.0 Å². The molecule has 7 nitrogen and oxygen atoms in total. The molecule has 1 N–H and O–H groups in total. The van der Waals surface area contributed by atoms with Crippen molar-refractivity contribution in [1.82, 2.24) is 19.6 Å². The number of hydrogen-bond acceptors (Lipinski definition) is 5. The molecule has 0 saturated carbocycles. The molecule has 0 aliphatic carbocycles. The maximum Gasteiger partial charge on any atom is 0.264 e. The Kier molecular flexibility index (Phi) is 3.88. The van der Waals surface area contributed by atoms with Crippen LogP contribution in [0.5, 0.6) is 0 Å². The number of aryl methyl sites for hydroxylation is 2. The summed E-state index contributed by atoms with van der Waals surface area (Å²) in [6.45, 7) is 3.39. The van der Waals surface area contributed by atoms with Crippen LogP contribution in [0, 0.1) is 6.92 Å². The van der Waals surface area contributed by atoms with E-state index in [2.05, 4.69) is 5.10 Å². The van der Waals surface area contributed by atoms with Gasteiger partial charge in [0.2, 0.25) is 5.91 Å². The van der Waals surface area contributed by atoms with Crippen molar-refractivity contribution in [1.29, 1.82) is 0 Å². The van der Waals surface area contributed by atoms with Crippen molar-refractivity contribution in [3.8, 4) is 0 Å². The van der Waals surface area contributed by atoms with Crippen LogP contribution < -0.4 is 0 Å². The van der Waals surface area contributed by atoms with Gasteiger partial charge >= 0.3 is 0 Å². The van der Waals surface area contributed by atoms with Gasteiger partial charge in [0.15, 0.2) is 0 Å². The Morgan fingerprint density at radius 3 is 2.50 bits per heavy atom. The highest BCUT2D eigenvalue weighted by atomic mass is 32.1. The third-order valence-electron chi connectivity index (χ3n) is 3.96. The number of fused-ring (bicyclic) bond motifs is 1. The molecule has 1 fully saturated rings. The molecule has 1 aliphatic heterocycles. The van der Waals surface area contributed by atoms with Crippen molar-refractivity contribution in [3.63, 3.8) is 0 Å². The molecule has 118 valence electrons. The van der Waals surface area contributed by atoms with Gasteiger partial charge in [-0.1, -0.05) is 0 Å². The van der Waals surface area contributed by atoms with Crippen LogP contribution in [0.15, 0.2) is 6.07 Å². The fraction of sp³-hybridized carbons (Fsp3) is 0.500. The third kappa shape index (κ3) is 2.48. The molecule has 0 aromatic carbocycles. The highest BCUT2D eigenvalue weighted by molar-refractivity contribution is 7.20. The van der Waals surface area contributed by atoms with E-state index in [1.807, 2.05) is 20.0 Å². The van der Waals surface area contributed by atoms with Crippen LogP contribution in [0.3, 0.4) is 0 Å². The summed E-state index contributed by atoms with van der Waals surface area (Å²) in [5.74, 6) is -0.285. The lowest BCUT2D eigenvalue weighted by Crippen LogP contribution is -2.51. The maximum absolute atomic E-state index is 12.6. The Morgan fingerprint density at radius 2 is 1.91 bits per heavy atom. The van der Waals surface area contributed by atoms with E-state index in [0.29, 0.717) is 31.1 Å². The Hall–Kier alpha value is -1.93. The second-order valence-electron chi connectivity index (χ2n) is 5.37. The summed E-state index contributed by atoms with van der Waals surface area (Å²) in [5.41, 5.74) is 0.922. The van der Waals surface area contributed by atoms with Crippen LogP contribution in [0.1, 0.15) is 15.4 Å². The topological polar surface area (TPSA) is 78.7 Å². The fourth-order valence-corrected chi connectivity index (χ4v) is 3.82. The largest absolute Gasteiger partial charge is 0.387 e. The molecule has 2 aromatic rings. The third-order valence-corrected chi connectivity index (χ3v) is 5.15. The molecule has 0 spiro atoms. The molecular weight excluding hydrogens is 304 g/mol. The average Bonchev–Trinajstić information content (AvgIpc) is 3.08. The number of thiophene rings is 1. The molecule has 0 radical (unpaired) electrons. The zero-order valence-electron chi connectivity index (χ0n) is 12.6. The number of aromatic nitrogens is 2. The van der Waals surface area contributed by atoms with Gasteiger partial charge in [-0.3, -0.25) is 14.3 Å². The molecule has 0 bridgehead atoms. The summed E-state index contributed by atoms with van der Waals surface area (Å²) in [6.07, 6.45) is 0. The van der Waals surface area contributed by atoms with Gasteiger partial charge in [-0.2, -0.15) is 5.10 Å². The smallest absolute Gasteiger partial charge is 0.264 e. The van der Waals surface area contributed by atoms with Crippen LogP contribution in [0.2, 0.25) is 0 Å². The first-order valence-electron chi connectivity index (χ1n) is 7.12. The molecule has 1 saturated heterocycles. The van der Waals surface area contributed by atoms with E-state index in [9.17, 15) is 9.59 Å². The maximum atomic E-state index is 12.6.